The summed E-state index contributed by atoms with van der Waals surface area (Å²) in [5, 5.41) is 0. The molecule has 17 heavy (non-hydrogen) atoms. The molecule has 0 aliphatic rings. The van der Waals surface area contributed by atoms with E-state index in [2.05, 4.69) is 0 Å². The number of aryl methyl sites for hydroxylation is 1. The molecule has 1 aromatic rings. The fourth-order valence-electron chi connectivity index (χ4n) is 0.987. The lowest BCUT2D eigenvalue weighted by atomic mass is 10.2. The van der Waals surface area contributed by atoms with Gasteiger partial charge < -0.3 is 0 Å². The van der Waals surface area contributed by atoms with Gasteiger partial charge in [-0.15, -0.1) is 0 Å². The molecule has 100 valence electrons. The van der Waals surface area contributed by atoms with Gasteiger partial charge in [0.2, 0.25) is 10.0 Å². The summed E-state index contributed by atoms with van der Waals surface area (Å²) in [6, 6.07) is 6.87. The van der Waals surface area contributed by atoms with Crippen molar-refractivity contribution in [2.75, 3.05) is 14.1 Å². The zero-order chi connectivity index (χ0) is 14.1. The molecule has 0 saturated carbocycles. The minimum Gasteiger partial charge on any atom is -0.207 e. The van der Waals surface area contributed by atoms with Crippen LogP contribution < -0.4 is 0 Å². The molecule has 0 saturated heterocycles. The molecule has 0 fully saturated rings. The second-order valence-electron chi connectivity index (χ2n) is 3.10. The molecule has 0 heterocycles. The second kappa shape index (κ2) is 9.19. The van der Waals surface area contributed by atoms with Crippen molar-refractivity contribution in [3.05, 3.63) is 29.8 Å². The Labute approximate surface area is 107 Å². The molecular weight excluding hydrogens is 234 g/mol. The highest BCUT2D eigenvalue weighted by atomic mass is 32.2. The van der Waals surface area contributed by atoms with Crippen LogP contribution in [0.3, 0.4) is 0 Å². The molecule has 4 heteroatoms. The van der Waals surface area contributed by atoms with Crippen LogP contribution in [0.5, 0.6) is 0 Å². The lowest BCUT2D eigenvalue weighted by molar-refractivity contribution is 0.520. The highest BCUT2D eigenvalue weighted by Crippen LogP contribution is 2.13. The number of rotatable bonds is 2. The van der Waals surface area contributed by atoms with Crippen LogP contribution in [0.25, 0.3) is 0 Å². The van der Waals surface area contributed by atoms with E-state index in [9.17, 15) is 8.42 Å². The van der Waals surface area contributed by atoms with Gasteiger partial charge in [0.25, 0.3) is 0 Å². The average molecular weight is 259 g/mol. The topological polar surface area (TPSA) is 37.4 Å². The first-order chi connectivity index (χ1) is 7.94. The smallest absolute Gasteiger partial charge is 0.207 e. The van der Waals surface area contributed by atoms with E-state index in [0.717, 1.165) is 5.56 Å². The normalized spacial score (nSPS) is 9.88. The van der Waals surface area contributed by atoms with E-state index in [1.54, 1.807) is 18.2 Å². The first kappa shape index (κ1) is 18.5. The summed E-state index contributed by atoms with van der Waals surface area (Å²) in [5.74, 6) is 0. The Balaban J connectivity index is 0. The van der Waals surface area contributed by atoms with Crippen molar-refractivity contribution in [3.63, 3.8) is 0 Å². The predicted octanol–water partition coefficient (Wildman–Crippen LogP) is 3.30. The van der Waals surface area contributed by atoms with Crippen LogP contribution in [0.2, 0.25) is 0 Å². The van der Waals surface area contributed by atoms with Gasteiger partial charge >= 0.3 is 0 Å². The monoisotopic (exact) mass is 259 g/mol. The van der Waals surface area contributed by atoms with Crippen molar-refractivity contribution < 1.29 is 8.42 Å². The van der Waals surface area contributed by atoms with E-state index in [1.807, 2.05) is 40.7 Å². The van der Waals surface area contributed by atoms with E-state index < -0.39 is 10.0 Å². The summed E-state index contributed by atoms with van der Waals surface area (Å²) in [6.07, 6.45) is 0. The van der Waals surface area contributed by atoms with E-state index in [1.165, 1.54) is 18.4 Å². The Bertz CT molecular complexity index is 398. The Kier molecular flexibility index (Phi) is 10.00. The summed E-state index contributed by atoms with van der Waals surface area (Å²) in [5.41, 5.74) is 0.947. The molecule has 1 rings (SSSR count). The molecule has 0 radical (unpaired) electrons. The van der Waals surface area contributed by atoms with Gasteiger partial charge in [0.15, 0.2) is 0 Å². The Morgan fingerprint density at radius 1 is 1.00 bits per heavy atom. The van der Waals surface area contributed by atoms with Crippen LogP contribution in [-0.4, -0.2) is 26.8 Å². The van der Waals surface area contributed by atoms with Gasteiger partial charge in [-0.25, -0.2) is 12.7 Å². The zero-order valence-electron chi connectivity index (χ0n) is 12.0. The molecule has 0 amide bonds. The van der Waals surface area contributed by atoms with Crippen LogP contribution in [0, 0.1) is 6.92 Å². The highest BCUT2D eigenvalue weighted by molar-refractivity contribution is 7.89. The van der Waals surface area contributed by atoms with Crippen molar-refractivity contribution in [2.24, 2.45) is 0 Å². The van der Waals surface area contributed by atoms with E-state index >= 15 is 0 Å². The lowest BCUT2D eigenvalue weighted by Gasteiger charge is -2.11. The summed E-state index contributed by atoms with van der Waals surface area (Å²) in [6.45, 7) is 9.87. The van der Waals surface area contributed by atoms with Gasteiger partial charge in [-0.3, -0.25) is 0 Å². The molecule has 0 spiro atoms. The Hall–Kier alpha value is -0.870. The van der Waals surface area contributed by atoms with Gasteiger partial charge in [-0.05, 0) is 24.6 Å². The van der Waals surface area contributed by atoms with Gasteiger partial charge in [0.05, 0.1) is 4.90 Å². The summed E-state index contributed by atoms with van der Waals surface area (Å²) in [4.78, 5) is 0.345. The molecule has 1 aromatic carbocycles. The summed E-state index contributed by atoms with van der Waals surface area (Å²) < 4.78 is 24.4. The first-order valence-electron chi connectivity index (χ1n) is 5.94. The van der Waals surface area contributed by atoms with Crippen molar-refractivity contribution in [2.45, 2.75) is 39.5 Å². The molecule has 0 aliphatic carbocycles. The molecular formula is C13H25NO2S. The number of hydrogen-bond acceptors (Lipinski definition) is 2. The molecule has 0 aromatic heterocycles. The number of nitrogens with zero attached hydrogens (tertiary/aromatic N) is 1. The Morgan fingerprint density at radius 3 is 1.82 bits per heavy atom. The fraction of sp³-hybridized carbons (Fsp3) is 0.538. The minimum absolute atomic E-state index is 0.345. The van der Waals surface area contributed by atoms with E-state index in [-0.39, 0.29) is 0 Å². The lowest BCUT2D eigenvalue weighted by Crippen LogP contribution is -2.22. The van der Waals surface area contributed by atoms with Crippen molar-refractivity contribution in [3.8, 4) is 0 Å². The maximum absolute atomic E-state index is 11.6. The van der Waals surface area contributed by atoms with Crippen LogP contribution in [0.4, 0.5) is 0 Å². The molecule has 0 unspecified atom stereocenters. The maximum atomic E-state index is 11.6. The third-order valence-electron chi connectivity index (χ3n) is 1.77. The predicted molar refractivity (Wildman–Crippen MR) is 74.7 cm³/mol. The molecule has 0 N–H and O–H groups in total. The van der Waals surface area contributed by atoms with Crippen LogP contribution in [0.15, 0.2) is 29.2 Å². The standard InChI is InChI=1S/C9H13NO2S.2C2H6/c1-8-5-4-6-9(7-8)13(11,12)10(2)3;2*1-2/h4-7H,1-3H3;2*1-2H3. The SMILES string of the molecule is CC.CC.Cc1cccc(S(=O)(=O)N(C)C)c1. The maximum Gasteiger partial charge on any atom is 0.242 e. The Morgan fingerprint density at radius 2 is 1.47 bits per heavy atom. The molecule has 0 atom stereocenters. The minimum atomic E-state index is -3.27. The average Bonchev–Trinajstić information content (AvgIpc) is 2.34. The van der Waals surface area contributed by atoms with E-state index in [0.29, 0.717) is 4.90 Å². The molecule has 0 aliphatic heterocycles. The quantitative estimate of drug-likeness (QED) is 0.817. The largest absolute Gasteiger partial charge is 0.242 e. The summed E-state index contributed by atoms with van der Waals surface area (Å²) in [7, 11) is -0.215. The van der Waals surface area contributed by atoms with Crippen molar-refractivity contribution in [1.82, 2.24) is 4.31 Å². The zero-order valence-corrected chi connectivity index (χ0v) is 12.8. The first-order valence-corrected chi connectivity index (χ1v) is 7.38. The number of benzene rings is 1. The van der Waals surface area contributed by atoms with Gasteiger partial charge in [0, 0.05) is 14.1 Å². The highest BCUT2D eigenvalue weighted by Gasteiger charge is 2.16. The third kappa shape index (κ3) is 5.84. The van der Waals surface area contributed by atoms with Crippen LogP contribution in [-0.2, 0) is 10.0 Å². The van der Waals surface area contributed by atoms with Gasteiger partial charge in [-0.1, -0.05) is 39.8 Å². The van der Waals surface area contributed by atoms with Crippen molar-refractivity contribution in [1.29, 1.82) is 0 Å². The van der Waals surface area contributed by atoms with E-state index in [4.69, 9.17) is 0 Å². The van der Waals surface area contributed by atoms with Gasteiger partial charge in [0.1, 0.15) is 0 Å². The second-order valence-corrected chi connectivity index (χ2v) is 5.26. The van der Waals surface area contributed by atoms with Crippen molar-refractivity contribution >= 4 is 10.0 Å². The number of sulfonamides is 1. The fourth-order valence-corrected chi connectivity index (χ4v) is 1.99. The summed E-state index contributed by atoms with van der Waals surface area (Å²) >= 11 is 0. The molecule has 3 nitrogen and oxygen atoms in total. The van der Waals surface area contributed by atoms with Gasteiger partial charge in [-0.2, -0.15) is 0 Å². The van der Waals surface area contributed by atoms with Crippen LogP contribution >= 0.6 is 0 Å². The molecule has 0 bridgehead atoms. The number of hydrogen-bond donors (Lipinski definition) is 0. The third-order valence-corrected chi connectivity index (χ3v) is 3.58. The van der Waals surface area contributed by atoms with Crippen LogP contribution in [0.1, 0.15) is 33.3 Å².